The van der Waals surface area contributed by atoms with Gasteiger partial charge in [0.25, 0.3) is 5.69 Å². The largest absolute Gasteiger partial charge is 0.301 e. The summed E-state index contributed by atoms with van der Waals surface area (Å²) in [6.07, 6.45) is 0. The van der Waals surface area contributed by atoms with Crippen molar-refractivity contribution in [2.24, 2.45) is 5.92 Å². The summed E-state index contributed by atoms with van der Waals surface area (Å²) < 4.78 is 0. The fourth-order valence-corrected chi connectivity index (χ4v) is 3.74. The first-order chi connectivity index (χ1) is 13.9. The van der Waals surface area contributed by atoms with Gasteiger partial charge in [-0.05, 0) is 11.5 Å². The molecule has 29 heavy (non-hydrogen) atoms. The van der Waals surface area contributed by atoms with Gasteiger partial charge in [-0.2, -0.15) is 0 Å². The number of carbonyl (C=O) groups excluding carboxylic acids is 1. The van der Waals surface area contributed by atoms with Crippen LogP contribution in [0, 0.1) is 16.0 Å². The molecule has 3 aromatic rings. The van der Waals surface area contributed by atoms with Crippen molar-refractivity contribution in [1.82, 2.24) is 10.3 Å². The van der Waals surface area contributed by atoms with E-state index in [1.54, 1.807) is 17.5 Å². The lowest BCUT2D eigenvalue weighted by atomic mass is 9.96. The van der Waals surface area contributed by atoms with Crippen LogP contribution in [-0.4, -0.2) is 22.4 Å². The maximum atomic E-state index is 12.4. The molecule has 0 spiro atoms. The van der Waals surface area contributed by atoms with Gasteiger partial charge in [0.2, 0.25) is 5.91 Å². The molecule has 1 amide bonds. The Morgan fingerprint density at radius 2 is 1.93 bits per heavy atom. The molecule has 1 heterocycles. The van der Waals surface area contributed by atoms with Gasteiger partial charge >= 0.3 is 0 Å². The molecule has 0 aliphatic carbocycles. The molecule has 0 bridgehead atoms. The van der Waals surface area contributed by atoms with E-state index in [1.165, 1.54) is 23.5 Å². The maximum Gasteiger partial charge on any atom is 0.270 e. The molecule has 3 rings (SSSR count). The van der Waals surface area contributed by atoms with Gasteiger partial charge in [0.05, 0.1) is 17.2 Å². The lowest BCUT2D eigenvalue weighted by Gasteiger charge is -2.22. The SMILES string of the molecule is CC(C)C(NCC(=O)Nc1nc(-c2cccc([N+](=O)[O-])c2)cs1)c1ccccc1. The number of thiazole rings is 1. The fraction of sp³-hybridized carbons (Fsp3) is 0.238. The van der Waals surface area contributed by atoms with Gasteiger partial charge in [0.1, 0.15) is 0 Å². The third kappa shape index (κ3) is 5.46. The molecule has 0 fully saturated rings. The van der Waals surface area contributed by atoms with E-state index in [9.17, 15) is 14.9 Å². The van der Waals surface area contributed by atoms with Crippen molar-refractivity contribution in [1.29, 1.82) is 0 Å². The van der Waals surface area contributed by atoms with Crippen LogP contribution in [0.1, 0.15) is 25.5 Å². The van der Waals surface area contributed by atoms with E-state index in [-0.39, 0.29) is 24.2 Å². The summed E-state index contributed by atoms with van der Waals surface area (Å²) in [4.78, 5) is 27.2. The minimum atomic E-state index is -0.442. The van der Waals surface area contributed by atoms with E-state index in [1.807, 2.05) is 30.3 Å². The topological polar surface area (TPSA) is 97.2 Å². The Labute approximate surface area is 173 Å². The van der Waals surface area contributed by atoms with Crippen LogP contribution in [0.5, 0.6) is 0 Å². The minimum absolute atomic E-state index is 0.00549. The number of benzene rings is 2. The molecular weight excluding hydrogens is 388 g/mol. The first-order valence-corrected chi connectivity index (χ1v) is 10.1. The highest BCUT2D eigenvalue weighted by Crippen LogP contribution is 2.27. The second kappa shape index (κ2) is 9.40. The highest BCUT2D eigenvalue weighted by atomic mass is 32.1. The summed E-state index contributed by atoms with van der Waals surface area (Å²) >= 11 is 1.28. The van der Waals surface area contributed by atoms with E-state index < -0.39 is 4.92 Å². The Bertz CT molecular complexity index is 988. The monoisotopic (exact) mass is 410 g/mol. The molecule has 0 aliphatic heterocycles. The minimum Gasteiger partial charge on any atom is -0.301 e. The molecule has 0 saturated heterocycles. The van der Waals surface area contributed by atoms with Gasteiger partial charge in [-0.3, -0.25) is 14.9 Å². The van der Waals surface area contributed by atoms with E-state index >= 15 is 0 Å². The van der Waals surface area contributed by atoms with Crippen LogP contribution >= 0.6 is 11.3 Å². The average molecular weight is 410 g/mol. The van der Waals surface area contributed by atoms with Crippen LogP contribution in [0.25, 0.3) is 11.3 Å². The Morgan fingerprint density at radius 1 is 1.17 bits per heavy atom. The van der Waals surface area contributed by atoms with Crippen LogP contribution in [0.3, 0.4) is 0 Å². The predicted octanol–water partition coefficient (Wildman–Crippen LogP) is 4.64. The Balaban J connectivity index is 1.61. The number of nitro groups is 1. The molecule has 150 valence electrons. The number of aromatic nitrogens is 1. The summed E-state index contributed by atoms with van der Waals surface area (Å²) in [5.74, 6) is 0.136. The Kier molecular flexibility index (Phi) is 6.69. The van der Waals surface area contributed by atoms with E-state index in [0.717, 1.165) is 5.56 Å². The normalized spacial score (nSPS) is 12.0. The quantitative estimate of drug-likeness (QED) is 0.416. The zero-order valence-corrected chi connectivity index (χ0v) is 17.0. The van der Waals surface area contributed by atoms with Crippen LogP contribution in [-0.2, 0) is 4.79 Å². The molecule has 0 saturated carbocycles. The molecule has 0 aliphatic rings. The fourth-order valence-electron chi connectivity index (χ4n) is 3.01. The standard InChI is InChI=1S/C21H22N4O3S/c1-14(2)20(15-7-4-3-5-8-15)22-12-19(26)24-21-23-18(13-29-21)16-9-6-10-17(11-16)25(27)28/h3-11,13-14,20,22H,12H2,1-2H3,(H,23,24,26). The molecule has 1 atom stereocenters. The molecule has 2 aromatic carbocycles. The highest BCUT2D eigenvalue weighted by Gasteiger charge is 2.17. The number of carbonyl (C=O) groups is 1. The van der Waals surface area contributed by atoms with Crippen LogP contribution in [0.2, 0.25) is 0 Å². The van der Waals surface area contributed by atoms with Gasteiger partial charge in [0.15, 0.2) is 5.13 Å². The third-order valence-corrected chi connectivity index (χ3v) is 5.17. The second-order valence-corrected chi connectivity index (χ2v) is 7.76. The summed E-state index contributed by atoms with van der Waals surface area (Å²) in [7, 11) is 0. The first-order valence-electron chi connectivity index (χ1n) is 9.22. The Morgan fingerprint density at radius 3 is 2.62 bits per heavy atom. The van der Waals surface area contributed by atoms with Crippen LogP contribution in [0.4, 0.5) is 10.8 Å². The summed E-state index contributed by atoms with van der Waals surface area (Å²) in [6.45, 7) is 4.37. The number of non-ortho nitro benzene ring substituents is 1. The summed E-state index contributed by atoms with van der Waals surface area (Å²) in [6, 6.07) is 16.4. The summed E-state index contributed by atoms with van der Waals surface area (Å²) in [5.41, 5.74) is 2.37. The molecule has 8 heteroatoms. The number of nitrogens with zero attached hydrogens (tertiary/aromatic N) is 2. The number of amides is 1. The van der Waals surface area contributed by atoms with Gasteiger partial charge in [0, 0.05) is 29.1 Å². The molecule has 7 nitrogen and oxygen atoms in total. The van der Waals surface area contributed by atoms with Crippen LogP contribution in [0.15, 0.2) is 60.0 Å². The van der Waals surface area contributed by atoms with E-state index in [4.69, 9.17) is 0 Å². The zero-order chi connectivity index (χ0) is 20.8. The van der Waals surface area contributed by atoms with Crippen molar-refractivity contribution >= 4 is 28.1 Å². The van der Waals surface area contributed by atoms with Gasteiger partial charge in [-0.25, -0.2) is 4.98 Å². The maximum absolute atomic E-state index is 12.4. The predicted molar refractivity (Wildman–Crippen MR) is 115 cm³/mol. The number of rotatable bonds is 8. The third-order valence-electron chi connectivity index (χ3n) is 4.41. The molecule has 2 N–H and O–H groups in total. The van der Waals surface area contributed by atoms with Gasteiger partial charge < -0.3 is 10.6 Å². The number of nitro benzene ring substituents is 1. The number of hydrogen-bond acceptors (Lipinski definition) is 6. The highest BCUT2D eigenvalue weighted by molar-refractivity contribution is 7.14. The first kappa shape index (κ1) is 20.6. The molecule has 0 radical (unpaired) electrons. The number of hydrogen-bond donors (Lipinski definition) is 2. The van der Waals surface area contributed by atoms with E-state index in [2.05, 4.69) is 29.5 Å². The van der Waals surface area contributed by atoms with Crippen LogP contribution < -0.4 is 10.6 Å². The van der Waals surface area contributed by atoms with Crippen molar-refractivity contribution in [2.45, 2.75) is 19.9 Å². The number of anilines is 1. The lowest BCUT2D eigenvalue weighted by molar-refractivity contribution is -0.384. The lowest BCUT2D eigenvalue weighted by Crippen LogP contribution is -2.33. The van der Waals surface area contributed by atoms with Crippen molar-refractivity contribution in [2.75, 3.05) is 11.9 Å². The summed E-state index contributed by atoms with van der Waals surface area (Å²) in [5, 5.41) is 19.3. The smallest absolute Gasteiger partial charge is 0.270 e. The van der Waals surface area contributed by atoms with Crippen molar-refractivity contribution < 1.29 is 9.72 Å². The zero-order valence-electron chi connectivity index (χ0n) is 16.2. The second-order valence-electron chi connectivity index (χ2n) is 6.91. The Hall–Kier alpha value is -3.10. The molecule has 1 unspecified atom stereocenters. The molecular formula is C21H22N4O3S. The van der Waals surface area contributed by atoms with Gasteiger partial charge in [-0.1, -0.05) is 56.3 Å². The van der Waals surface area contributed by atoms with E-state index in [0.29, 0.717) is 22.3 Å². The molecule has 1 aromatic heterocycles. The van der Waals surface area contributed by atoms with Crippen molar-refractivity contribution in [3.05, 3.63) is 75.7 Å². The average Bonchev–Trinajstić information content (AvgIpc) is 3.17. The van der Waals surface area contributed by atoms with Crippen molar-refractivity contribution in [3.8, 4) is 11.3 Å². The number of nitrogens with one attached hydrogen (secondary N) is 2. The van der Waals surface area contributed by atoms with Crippen molar-refractivity contribution in [3.63, 3.8) is 0 Å². The van der Waals surface area contributed by atoms with Gasteiger partial charge in [-0.15, -0.1) is 11.3 Å².